The maximum Gasteiger partial charge on any atom is 0.232 e. The second kappa shape index (κ2) is 9.01. The van der Waals surface area contributed by atoms with Crippen LogP contribution in [0.5, 0.6) is 5.75 Å². The van der Waals surface area contributed by atoms with Crippen LogP contribution in [0.1, 0.15) is 32.0 Å². The van der Waals surface area contributed by atoms with Gasteiger partial charge in [0, 0.05) is 36.3 Å². The van der Waals surface area contributed by atoms with Crippen molar-refractivity contribution in [1.82, 2.24) is 10.1 Å². The molecule has 0 saturated carbocycles. The minimum atomic E-state index is -0.318. The molecule has 0 unspecified atom stereocenters. The molecule has 1 saturated heterocycles. The van der Waals surface area contributed by atoms with Gasteiger partial charge in [-0.15, -0.1) is 12.4 Å². The van der Waals surface area contributed by atoms with Gasteiger partial charge >= 0.3 is 0 Å². The molecule has 0 N–H and O–H groups in total. The zero-order valence-corrected chi connectivity index (χ0v) is 17.5. The van der Waals surface area contributed by atoms with Crippen molar-refractivity contribution in [3.05, 3.63) is 71.0 Å². The summed E-state index contributed by atoms with van der Waals surface area (Å²) in [7, 11) is 0. The van der Waals surface area contributed by atoms with E-state index in [0.717, 1.165) is 38.6 Å². The molecule has 1 aliphatic heterocycles. The summed E-state index contributed by atoms with van der Waals surface area (Å²) in [6.07, 6.45) is 0. The Morgan fingerprint density at radius 3 is 2.32 bits per heavy atom. The third-order valence-corrected chi connectivity index (χ3v) is 5.45. The summed E-state index contributed by atoms with van der Waals surface area (Å²) >= 11 is 0. The van der Waals surface area contributed by atoms with Crippen molar-refractivity contribution in [3.63, 3.8) is 0 Å². The van der Waals surface area contributed by atoms with Crippen LogP contribution in [0.15, 0.2) is 53.1 Å². The Labute approximate surface area is 185 Å². The molecule has 2 heterocycles. The van der Waals surface area contributed by atoms with Crippen LogP contribution in [0, 0.1) is 0 Å². The Hall–Kier alpha value is -3.00. The van der Waals surface area contributed by atoms with Crippen molar-refractivity contribution in [1.29, 1.82) is 0 Å². The molecular weight excluding hydrogens is 420 g/mol. The van der Waals surface area contributed by atoms with Gasteiger partial charge < -0.3 is 14.0 Å². The number of fused-ring (bicyclic) bond motifs is 2. The van der Waals surface area contributed by atoms with E-state index in [9.17, 15) is 9.59 Å². The summed E-state index contributed by atoms with van der Waals surface area (Å²) in [5, 5.41) is 4.03. The lowest BCUT2D eigenvalue weighted by Gasteiger charge is -2.26. The van der Waals surface area contributed by atoms with Gasteiger partial charge in [-0.2, -0.15) is 0 Å². The maximum absolute atomic E-state index is 13.0. The Kier molecular flexibility index (Phi) is 6.18. The van der Waals surface area contributed by atoms with E-state index in [-0.39, 0.29) is 35.3 Å². The van der Waals surface area contributed by atoms with Gasteiger partial charge in [0.2, 0.25) is 11.5 Å². The third kappa shape index (κ3) is 3.99. The van der Waals surface area contributed by atoms with Crippen molar-refractivity contribution >= 4 is 24.0 Å². The highest BCUT2D eigenvalue weighted by atomic mass is 35.5. The van der Waals surface area contributed by atoms with Gasteiger partial charge in [0.05, 0.1) is 13.2 Å². The van der Waals surface area contributed by atoms with Crippen molar-refractivity contribution < 1.29 is 23.6 Å². The molecular formula is C23H21ClN2O5. The molecule has 2 aromatic carbocycles. The highest BCUT2D eigenvalue weighted by Gasteiger charge is 2.36. The number of halogens is 1. The van der Waals surface area contributed by atoms with Gasteiger partial charge in [0.25, 0.3) is 0 Å². The monoisotopic (exact) mass is 440 g/mol. The molecule has 31 heavy (non-hydrogen) atoms. The molecule has 0 amide bonds. The Balaban J connectivity index is 0.00000231. The number of hydrogen-bond donors (Lipinski definition) is 0. The van der Waals surface area contributed by atoms with Crippen LogP contribution in [0.25, 0.3) is 11.3 Å². The molecule has 5 rings (SSSR count). The van der Waals surface area contributed by atoms with E-state index in [1.165, 1.54) is 0 Å². The third-order valence-electron chi connectivity index (χ3n) is 5.45. The molecule has 0 spiro atoms. The number of rotatable bonds is 5. The second-order valence-electron chi connectivity index (χ2n) is 7.27. The largest absolute Gasteiger partial charge is 0.492 e. The van der Waals surface area contributed by atoms with E-state index in [2.05, 4.69) is 10.1 Å². The summed E-state index contributed by atoms with van der Waals surface area (Å²) in [5.41, 5.74) is 2.02. The Bertz CT molecular complexity index is 1100. The number of ketones is 2. The average molecular weight is 441 g/mol. The molecule has 7 nitrogen and oxygen atoms in total. The number of hydrogen-bond acceptors (Lipinski definition) is 7. The first-order valence-electron chi connectivity index (χ1n) is 9.94. The van der Waals surface area contributed by atoms with Gasteiger partial charge in [-0.05, 0) is 24.3 Å². The van der Waals surface area contributed by atoms with Gasteiger partial charge in [0.15, 0.2) is 5.78 Å². The lowest BCUT2D eigenvalue weighted by atomic mass is 9.86. The molecule has 1 fully saturated rings. The van der Waals surface area contributed by atoms with E-state index in [1.54, 1.807) is 24.3 Å². The van der Waals surface area contributed by atoms with E-state index in [0.29, 0.717) is 29.0 Å². The summed E-state index contributed by atoms with van der Waals surface area (Å²) < 4.78 is 16.5. The van der Waals surface area contributed by atoms with Crippen molar-refractivity contribution in [2.45, 2.75) is 0 Å². The predicted molar refractivity (Wildman–Crippen MR) is 115 cm³/mol. The summed E-state index contributed by atoms with van der Waals surface area (Å²) in [4.78, 5) is 28.0. The number of carbonyl (C=O) groups is 2. The molecule has 0 radical (unpaired) electrons. The quantitative estimate of drug-likeness (QED) is 0.471. The normalized spacial score (nSPS) is 15.7. The van der Waals surface area contributed by atoms with Gasteiger partial charge in [-0.3, -0.25) is 14.5 Å². The summed E-state index contributed by atoms with van der Waals surface area (Å²) in [6, 6.07) is 14.1. The highest BCUT2D eigenvalue weighted by Crippen LogP contribution is 2.34. The van der Waals surface area contributed by atoms with Crippen LogP contribution in [-0.4, -0.2) is 61.1 Å². The zero-order valence-electron chi connectivity index (χ0n) is 16.7. The topological polar surface area (TPSA) is 81.9 Å². The lowest BCUT2D eigenvalue weighted by Crippen LogP contribution is -2.38. The summed E-state index contributed by atoms with van der Waals surface area (Å²) in [6.45, 7) is 4.82. The first kappa shape index (κ1) is 21.2. The number of aromatic nitrogens is 1. The van der Waals surface area contributed by atoms with Gasteiger partial charge in [-0.1, -0.05) is 29.4 Å². The smallest absolute Gasteiger partial charge is 0.232 e. The average Bonchev–Trinajstić information content (AvgIpc) is 3.24. The minimum Gasteiger partial charge on any atom is -0.492 e. The molecule has 160 valence electrons. The maximum atomic E-state index is 13.0. The molecule has 2 aliphatic rings. The van der Waals surface area contributed by atoms with E-state index < -0.39 is 0 Å². The fourth-order valence-electron chi connectivity index (χ4n) is 3.82. The fraction of sp³-hybridized carbons (Fsp3) is 0.261. The first-order valence-corrected chi connectivity index (χ1v) is 9.94. The van der Waals surface area contributed by atoms with Crippen LogP contribution in [0.3, 0.4) is 0 Å². The van der Waals surface area contributed by atoms with Gasteiger partial charge in [0.1, 0.15) is 23.6 Å². The number of benzene rings is 2. The van der Waals surface area contributed by atoms with Gasteiger partial charge in [-0.25, -0.2) is 0 Å². The molecule has 1 aromatic heterocycles. The Morgan fingerprint density at radius 2 is 1.61 bits per heavy atom. The summed E-state index contributed by atoms with van der Waals surface area (Å²) in [5.74, 6) is 0.168. The zero-order chi connectivity index (χ0) is 20.5. The van der Waals surface area contributed by atoms with Crippen LogP contribution < -0.4 is 4.74 Å². The number of morpholine rings is 1. The molecule has 1 aliphatic carbocycles. The number of carbonyl (C=O) groups excluding carboxylic acids is 2. The molecule has 8 heteroatoms. The molecule has 0 bridgehead atoms. The number of nitrogens with zero attached hydrogens (tertiary/aromatic N) is 2. The fourth-order valence-corrected chi connectivity index (χ4v) is 3.82. The van der Waals surface area contributed by atoms with Crippen molar-refractivity contribution in [3.8, 4) is 17.0 Å². The van der Waals surface area contributed by atoms with E-state index in [4.69, 9.17) is 14.0 Å². The van der Waals surface area contributed by atoms with Crippen molar-refractivity contribution in [2.75, 3.05) is 39.5 Å². The van der Waals surface area contributed by atoms with Crippen LogP contribution in [0.4, 0.5) is 0 Å². The van der Waals surface area contributed by atoms with Crippen molar-refractivity contribution in [2.24, 2.45) is 0 Å². The van der Waals surface area contributed by atoms with E-state index in [1.807, 2.05) is 24.3 Å². The number of ether oxygens (including phenoxy) is 2. The minimum absolute atomic E-state index is 0. The van der Waals surface area contributed by atoms with E-state index >= 15 is 0 Å². The molecule has 0 atom stereocenters. The van der Waals surface area contributed by atoms with Crippen LogP contribution in [-0.2, 0) is 4.74 Å². The SMILES string of the molecule is Cl.O=C1c2ccccc2C(=O)c2c(-c3ccc(OCCN4CCOCC4)cc3)noc21. The predicted octanol–water partition coefficient (Wildman–Crippen LogP) is 3.25. The lowest BCUT2D eigenvalue weighted by molar-refractivity contribution is 0.0322. The highest BCUT2D eigenvalue weighted by molar-refractivity contribution is 6.29. The molecule has 3 aromatic rings. The van der Waals surface area contributed by atoms with Crippen LogP contribution >= 0.6 is 12.4 Å². The Morgan fingerprint density at radius 1 is 0.935 bits per heavy atom. The van der Waals surface area contributed by atoms with Crippen LogP contribution in [0.2, 0.25) is 0 Å². The second-order valence-corrected chi connectivity index (χ2v) is 7.27. The first-order chi connectivity index (χ1) is 14.7. The standard InChI is InChI=1S/C23H20N2O5.ClH/c26-21-17-3-1-2-4-18(17)22(27)23-19(21)20(24-30-23)15-5-7-16(8-6-15)29-14-11-25-9-12-28-13-10-25;/h1-8H,9-14H2;1H.